The topological polar surface area (TPSA) is 51.6 Å². The van der Waals surface area contributed by atoms with Crippen LogP contribution in [0.3, 0.4) is 0 Å². The number of aliphatic hydroxyl groups excluding tert-OH is 1. The summed E-state index contributed by atoms with van der Waals surface area (Å²) in [4.78, 5) is 4.11. The van der Waals surface area contributed by atoms with Gasteiger partial charge >= 0.3 is 0 Å². The lowest BCUT2D eigenvalue weighted by atomic mass is 10.1. The van der Waals surface area contributed by atoms with Crippen molar-refractivity contribution < 1.29 is 14.6 Å². The number of ether oxygens (including phenoxy) is 2. The van der Waals surface area contributed by atoms with Crippen molar-refractivity contribution in [3.05, 3.63) is 24.0 Å². The quantitative estimate of drug-likeness (QED) is 0.886. The first-order valence-electron chi connectivity index (χ1n) is 6.26. The van der Waals surface area contributed by atoms with Crippen LogP contribution in [0.15, 0.2) is 18.5 Å². The zero-order chi connectivity index (χ0) is 12.8. The summed E-state index contributed by atoms with van der Waals surface area (Å²) >= 11 is 1.81. The van der Waals surface area contributed by atoms with E-state index < -0.39 is 6.10 Å². The molecule has 2 rings (SSSR count). The molecule has 18 heavy (non-hydrogen) atoms. The molecular weight excluding hydrogens is 250 g/mol. The van der Waals surface area contributed by atoms with E-state index >= 15 is 0 Å². The van der Waals surface area contributed by atoms with Gasteiger partial charge in [-0.3, -0.25) is 4.98 Å². The first-order valence-corrected chi connectivity index (χ1v) is 7.42. The van der Waals surface area contributed by atoms with Crippen LogP contribution < -0.4 is 4.74 Å². The highest BCUT2D eigenvalue weighted by Gasteiger charge is 2.24. The molecule has 1 aliphatic heterocycles. The van der Waals surface area contributed by atoms with Crippen molar-refractivity contribution in [1.29, 1.82) is 0 Å². The summed E-state index contributed by atoms with van der Waals surface area (Å²) in [6, 6.07) is 1.84. The van der Waals surface area contributed by atoms with Crippen molar-refractivity contribution in [1.82, 2.24) is 4.98 Å². The number of rotatable bonds is 5. The monoisotopic (exact) mass is 269 g/mol. The zero-order valence-corrected chi connectivity index (χ0v) is 11.4. The van der Waals surface area contributed by atoms with Gasteiger partial charge in [0.1, 0.15) is 11.9 Å². The molecule has 5 heteroatoms. The lowest BCUT2D eigenvalue weighted by Crippen LogP contribution is -2.29. The van der Waals surface area contributed by atoms with Crippen LogP contribution in [0.2, 0.25) is 0 Å². The molecule has 0 spiro atoms. The summed E-state index contributed by atoms with van der Waals surface area (Å²) in [5, 5.41) is 10.3. The minimum absolute atomic E-state index is 0.146. The maximum Gasteiger partial charge on any atom is 0.137 e. The third-order valence-corrected chi connectivity index (χ3v) is 3.76. The van der Waals surface area contributed by atoms with Crippen LogP contribution in [0.25, 0.3) is 0 Å². The van der Waals surface area contributed by atoms with Gasteiger partial charge in [0.25, 0.3) is 0 Å². The minimum Gasteiger partial charge on any atom is -0.492 e. The molecule has 100 valence electrons. The average Bonchev–Trinajstić information content (AvgIpc) is 2.45. The molecule has 0 amide bonds. The van der Waals surface area contributed by atoms with Gasteiger partial charge in [-0.05, 0) is 12.5 Å². The fourth-order valence-electron chi connectivity index (χ4n) is 1.80. The third-order valence-electron chi connectivity index (χ3n) is 2.74. The Kier molecular flexibility index (Phi) is 5.28. The van der Waals surface area contributed by atoms with Gasteiger partial charge in [-0.15, -0.1) is 0 Å². The summed E-state index contributed by atoms with van der Waals surface area (Å²) in [6.07, 6.45) is 3.52. The zero-order valence-electron chi connectivity index (χ0n) is 10.5. The van der Waals surface area contributed by atoms with Gasteiger partial charge in [0.05, 0.1) is 25.5 Å². The standard InChI is InChI=1S/C13H19NO3S/c1-2-3-16-11-6-10(7-14-8-11)13(15)12-9-18-5-4-17-12/h6-8,12-13,15H,2-5,9H2,1H3. The van der Waals surface area contributed by atoms with Crippen LogP contribution >= 0.6 is 11.8 Å². The molecule has 1 fully saturated rings. The minimum atomic E-state index is -0.629. The van der Waals surface area contributed by atoms with Gasteiger partial charge in [-0.2, -0.15) is 11.8 Å². The Morgan fingerprint density at radius 1 is 1.61 bits per heavy atom. The Bertz CT molecular complexity index is 369. The predicted molar refractivity (Wildman–Crippen MR) is 72.0 cm³/mol. The molecule has 1 N–H and O–H groups in total. The Balaban J connectivity index is 2.02. The van der Waals surface area contributed by atoms with Gasteiger partial charge < -0.3 is 14.6 Å². The second kappa shape index (κ2) is 6.97. The molecule has 1 saturated heterocycles. The molecule has 1 aromatic heterocycles. The van der Waals surface area contributed by atoms with E-state index in [2.05, 4.69) is 11.9 Å². The smallest absolute Gasteiger partial charge is 0.137 e. The summed E-state index contributed by atoms with van der Waals surface area (Å²) in [7, 11) is 0. The van der Waals surface area contributed by atoms with Crippen LogP contribution in [0.1, 0.15) is 25.0 Å². The molecule has 2 heterocycles. The van der Waals surface area contributed by atoms with E-state index in [-0.39, 0.29) is 6.10 Å². The molecule has 1 aromatic rings. The van der Waals surface area contributed by atoms with E-state index in [0.29, 0.717) is 19.0 Å². The molecule has 0 bridgehead atoms. The lowest BCUT2D eigenvalue weighted by molar-refractivity contribution is -0.0229. The van der Waals surface area contributed by atoms with Crippen molar-refractivity contribution in [3.8, 4) is 5.75 Å². The Hall–Kier alpha value is -0.780. The van der Waals surface area contributed by atoms with E-state index in [0.717, 1.165) is 23.5 Å². The van der Waals surface area contributed by atoms with Crippen LogP contribution in [0, 0.1) is 0 Å². The molecule has 0 saturated carbocycles. The third kappa shape index (κ3) is 3.60. The normalized spacial score (nSPS) is 21.6. The van der Waals surface area contributed by atoms with Crippen molar-refractivity contribution in [3.63, 3.8) is 0 Å². The average molecular weight is 269 g/mol. The first kappa shape index (κ1) is 13.6. The van der Waals surface area contributed by atoms with Crippen molar-refractivity contribution >= 4 is 11.8 Å². The number of pyridine rings is 1. The van der Waals surface area contributed by atoms with Gasteiger partial charge in [-0.1, -0.05) is 6.92 Å². The number of nitrogens with zero attached hydrogens (tertiary/aromatic N) is 1. The molecule has 1 aliphatic rings. The Morgan fingerprint density at radius 2 is 2.50 bits per heavy atom. The number of thioether (sulfide) groups is 1. The van der Waals surface area contributed by atoms with E-state index in [1.165, 1.54) is 0 Å². The lowest BCUT2D eigenvalue weighted by Gasteiger charge is -2.26. The second-order valence-corrected chi connectivity index (χ2v) is 5.38. The first-order chi connectivity index (χ1) is 8.81. The second-order valence-electron chi connectivity index (χ2n) is 4.23. The molecule has 0 aliphatic carbocycles. The maximum atomic E-state index is 10.3. The number of aliphatic hydroxyl groups is 1. The molecule has 2 unspecified atom stereocenters. The van der Waals surface area contributed by atoms with E-state index in [4.69, 9.17) is 9.47 Å². The highest BCUT2D eigenvalue weighted by molar-refractivity contribution is 7.99. The van der Waals surface area contributed by atoms with Crippen molar-refractivity contribution in [2.75, 3.05) is 24.7 Å². The number of hydrogen-bond acceptors (Lipinski definition) is 5. The summed E-state index contributed by atoms with van der Waals surface area (Å²) < 4.78 is 11.1. The maximum absolute atomic E-state index is 10.3. The van der Waals surface area contributed by atoms with Crippen molar-refractivity contribution in [2.45, 2.75) is 25.6 Å². The largest absolute Gasteiger partial charge is 0.492 e. The molecule has 2 atom stereocenters. The van der Waals surface area contributed by atoms with E-state index in [1.807, 2.05) is 17.8 Å². The van der Waals surface area contributed by atoms with Gasteiger partial charge in [0.15, 0.2) is 0 Å². The van der Waals surface area contributed by atoms with E-state index in [9.17, 15) is 5.11 Å². The predicted octanol–water partition coefficient (Wildman–Crippen LogP) is 2.04. The van der Waals surface area contributed by atoms with Crippen LogP contribution in [0.4, 0.5) is 0 Å². The summed E-state index contributed by atoms with van der Waals surface area (Å²) in [6.45, 7) is 3.42. The fourth-order valence-corrected chi connectivity index (χ4v) is 2.69. The van der Waals surface area contributed by atoms with Crippen LogP contribution in [-0.2, 0) is 4.74 Å². The van der Waals surface area contributed by atoms with Gasteiger partial charge in [-0.25, -0.2) is 0 Å². The summed E-state index contributed by atoms with van der Waals surface area (Å²) in [5.74, 6) is 2.53. The van der Waals surface area contributed by atoms with Gasteiger partial charge in [0, 0.05) is 23.3 Å². The van der Waals surface area contributed by atoms with Crippen LogP contribution in [0.5, 0.6) is 5.75 Å². The Morgan fingerprint density at radius 3 is 3.22 bits per heavy atom. The Labute approximate surface area is 112 Å². The molecule has 0 aromatic carbocycles. The SMILES string of the molecule is CCCOc1cncc(C(O)C2CSCCO2)c1. The molecular formula is C13H19NO3S. The van der Waals surface area contributed by atoms with Gasteiger partial charge in [0.2, 0.25) is 0 Å². The number of aromatic nitrogens is 1. The highest BCUT2D eigenvalue weighted by atomic mass is 32.2. The number of hydrogen-bond donors (Lipinski definition) is 1. The van der Waals surface area contributed by atoms with Crippen molar-refractivity contribution in [2.24, 2.45) is 0 Å². The van der Waals surface area contributed by atoms with E-state index in [1.54, 1.807) is 12.4 Å². The molecule has 4 nitrogen and oxygen atoms in total. The fraction of sp³-hybridized carbons (Fsp3) is 0.615. The highest BCUT2D eigenvalue weighted by Crippen LogP contribution is 2.26. The van der Waals surface area contributed by atoms with Crippen LogP contribution in [-0.4, -0.2) is 40.9 Å². The molecule has 0 radical (unpaired) electrons. The summed E-state index contributed by atoms with van der Waals surface area (Å²) in [5.41, 5.74) is 0.760.